The van der Waals surface area contributed by atoms with Gasteiger partial charge >= 0.3 is 0 Å². The van der Waals surface area contributed by atoms with E-state index >= 15 is 0 Å². The van der Waals surface area contributed by atoms with Gasteiger partial charge in [0.25, 0.3) is 5.91 Å². The summed E-state index contributed by atoms with van der Waals surface area (Å²) in [5.74, 6) is -0.796. The first kappa shape index (κ1) is 22.8. The maximum absolute atomic E-state index is 14.4. The highest BCUT2D eigenvalue weighted by molar-refractivity contribution is 5.93. The van der Waals surface area contributed by atoms with Crippen LogP contribution in [0.5, 0.6) is 0 Å². The molecule has 2 aliphatic rings. The van der Waals surface area contributed by atoms with E-state index < -0.39 is 5.82 Å². The number of benzene rings is 3. The number of pyridine rings is 1. The number of likely N-dealkylation sites (tertiary alicyclic amines) is 1. The third-order valence-corrected chi connectivity index (χ3v) is 8.27. The van der Waals surface area contributed by atoms with Gasteiger partial charge < -0.3 is 4.90 Å². The van der Waals surface area contributed by atoms with Crippen LogP contribution in [-0.2, 0) is 5.41 Å². The minimum Gasteiger partial charge on any atom is -0.336 e. The van der Waals surface area contributed by atoms with Gasteiger partial charge in [-0.15, -0.1) is 0 Å². The van der Waals surface area contributed by atoms with Crippen LogP contribution in [0.2, 0.25) is 0 Å². The molecule has 0 spiro atoms. The Labute approximate surface area is 218 Å². The molecule has 0 unspecified atom stereocenters. The molecule has 2 fully saturated rings. The first-order chi connectivity index (χ1) is 18.5. The number of halogens is 2. The minimum absolute atomic E-state index is 0.132. The molecule has 0 N–H and O–H groups in total. The summed E-state index contributed by atoms with van der Waals surface area (Å²) in [4.78, 5) is 19.1. The van der Waals surface area contributed by atoms with Crippen LogP contribution >= 0.6 is 0 Å². The standard InChI is InChI=1S/C31H24F2N4O/c1-19-14-27-21(16-35-37(27)23-11-9-22(32)10-12-23)15-24(19)31-18-36(30(38)29-26(33)8-5-13-34-29)17-25(31)28(31)20-6-3-2-4-7-20/h2-16,25,28H,17-18H2,1H3/t25-,28-,31+/m1/s1. The van der Waals surface area contributed by atoms with Gasteiger partial charge in [-0.25, -0.2) is 18.4 Å². The third kappa shape index (κ3) is 3.31. The van der Waals surface area contributed by atoms with E-state index in [-0.39, 0.29) is 34.7 Å². The lowest BCUT2D eigenvalue weighted by Crippen LogP contribution is -2.35. The van der Waals surface area contributed by atoms with Gasteiger partial charge in [-0.2, -0.15) is 5.10 Å². The molecule has 3 atom stereocenters. The van der Waals surface area contributed by atoms with Crippen LogP contribution in [0.25, 0.3) is 16.6 Å². The van der Waals surface area contributed by atoms with Gasteiger partial charge in [-0.1, -0.05) is 30.3 Å². The van der Waals surface area contributed by atoms with Gasteiger partial charge in [0.05, 0.1) is 17.4 Å². The first-order valence-corrected chi connectivity index (χ1v) is 12.7. The van der Waals surface area contributed by atoms with Crippen LogP contribution in [0.15, 0.2) is 91.3 Å². The van der Waals surface area contributed by atoms with E-state index in [1.165, 1.54) is 41.6 Å². The number of nitrogens with zero attached hydrogens (tertiary/aromatic N) is 4. The molecule has 3 aromatic carbocycles. The Bertz CT molecular complexity index is 1700. The van der Waals surface area contributed by atoms with Crippen molar-refractivity contribution in [2.24, 2.45) is 5.92 Å². The van der Waals surface area contributed by atoms with E-state index in [2.05, 4.69) is 41.3 Å². The minimum atomic E-state index is -0.599. The molecule has 0 radical (unpaired) electrons. The maximum atomic E-state index is 14.4. The van der Waals surface area contributed by atoms with Gasteiger partial charge in [0.1, 0.15) is 5.82 Å². The van der Waals surface area contributed by atoms with E-state index in [0.29, 0.717) is 13.1 Å². The van der Waals surface area contributed by atoms with Crippen molar-refractivity contribution in [3.05, 3.63) is 125 Å². The zero-order valence-corrected chi connectivity index (χ0v) is 20.7. The van der Waals surface area contributed by atoms with Crippen LogP contribution in [-0.4, -0.2) is 38.7 Å². The van der Waals surface area contributed by atoms with Crippen LogP contribution in [0.3, 0.4) is 0 Å². The van der Waals surface area contributed by atoms with Crippen molar-refractivity contribution in [1.29, 1.82) is 0 Å². The Kier molecular flexibility index (Phi) is 4.98. The lowest BCUT2D eigenvalue weighted by molar-refractivity contribution is 0.0758. The van der Waals surface area contributed by atoms with Crippen molar-refractivity contribution in [3.63, 3.8) is 0 Å². The Morgan fingerprint density at radius 3 is 2.55 bits per heavy atom. The second-order valence-electron chi connectivity index (χ2n) is 10.3. The Balaban J connectivity index is 1.31. The van der Waals surface area contributed by atoms with Gasteiger partial charge in [0, 0.05) is 36.0 Å². The number of hydrogen-bond acceptors (Lipinski definition) is 3. The SMILES string of the molecule is Cc1cc2c(cnn2-c2ccc(F)cc2)cc1[C@@]12CN(C(=O)c3ncccc3F)C[C@@H]1[C@H]2c1ccccc1. The molecular weight excluding hydrogens is 482 g/mol. The Morgan fingerprint density at radius 1 is 1.00 bits per heavy atom. The topological polar surface area (TPSA) is 51.0 Å². The molecular formula is C31H24F2N4O. The van der Waals surface area contributed by atoms with Gasteiger partial charge in [0.15, 0.2) is 11.5 Å². The summed E-state index contributed by atoms with van der Waals surface area (Å²) >= 11 is 0. The second-order valence-corrected chi connectivity index (χ2v) is 10.3. The van der Waals surface area contributed by atoms with E-state index in [4.69, 9.17) is 0 Å². The second kappa shape index (κ2) is 8.31. The summed E-state index contributed by atoms with van der Waals surface area (Å²) in [6.07, 6.45) is 3.28. The number of aromatic nitrogens is 3. The summed E-state index contributed by atoms with van der Waals surface area (Å²) in [7, 11) is 0. The monoisotopic (exact) mass is 506 g/mol. The molecule has 1 aliphatic carbocycles. The highest BCUT2D eigenvalue weighted by Gasteiger charge is 2.71. The van der Waals surface area contributed by atoms with Crippen LogP contribution in [0.1, 0.15) is 33.1 Å². The van der Waals surface area contributed by atoms with Crippen LogP contribution in [0, 0.1) is 24.5 Å². The van der Waals surface area contributed by atoms with Gasteiger partial charge in [-0.3, -0.25) is 4.79 Å². The van der Waals surface area contributed by atoms with Crippen molar-refractivity contribution in [1.82, 2.24) is 19.7 Å². The van der Waals surface area contributed by atoms with Crippen molar-refractivity contribution < 1.29 is 13.6 Å². The van der Waals surface area contributed by atoms with Crippen molar-refractivity contribution in [2.75, 3.05) is 13.1 Å². The summed E-state index contributed by atoms with van der Waals surface area (Å²) < 4.78 is 29.7. The predicted molar refractivity (Wildman–Crippen MR) is 140 cm³/mol. The number of carbonyl (C=O) groups excluding carboxylic acids is 1. The largest absolute Gasteiger partial charge is 0.336 e. The number of carbonyl (C=O) groups is 1. The number of rotatable bonds is 4. The normalized spacial score (nSPS) is 22.0. The fraction of sp³-hybridized carbons (Fsp3) is 0.194. The van der Waals surface area contributed by atoms with E-state index in [1.807, 2.05) is 29.1 Å². The summed E-state index contributed by atoms with van der Waals surface area (Å²) in [6, 6.07) is 23.7. The predicted octanol–water partition coefficient (Wildman–Crippen LogP) is 5.81. The van der Waals surface area contributed by atoms with Crippen molar-refractivity contribution in [3.8, 4) is 5.69 Å². The zero-order valence-electron chi connectivity index (χ0n) is 20.7. The number of aryl methyl sites for hydroxylation is 1. The molecule has 7 heteroatoms. The molecule has 188 valence electrons. The number of hydrogen-bond donors (Lipinski definition) is 0. The molecule has 1 saturated heterocycles. The fourth-order valence-electron chi connectivity index (χ4n) is 6.58. The highest BCUT2D eigenvalue weighted by Crippen LogP contribution is 2.69. The van der Waals surface area contributed by atoms with E-state index in [1.54, 1.807) is 17.0 Å². The smallest absolute Gasteiger partial charge is 0.275 e. The summed E-state index contributed by atoms with van der Waals surface area (Å²) in [5, 5.41) is 5.56. The lowest BCUT2D eigenvalue weighted by Gasteiger charge is -2.25. The zero-order chi connectivity index (χ0) is 26.0. The number of piperidine rings is 1. The van der Waals surface area contributed by atoms with Crippen molar-refractivity contribution >= 4 is 16.8 Å². The van der Waals surface area contributed by atoms with Gasteiger partial charge in [0.2, 0.25) is 0 Å². The molecule has 5 aromatic rings. The quantitative estimate of drug-likeness (QED) is 0.309. The Hall–Kier alpha value is -4.39. The Morgan fingerprint density at radius 2 is 1.79 bits per heavy atom. The molecule has 2 aromatic heterocycles. The summed E-state index contributed by atoms with van der Waals surface area (Å²) in [6.45, 7) is 3.12. The lowest BCUT2D eigenvalue weighted by atomic mass is 9.86. The summed E-state index contributed by atoms with van der Waals surface area (Å²) in [5.41, 5.74) is 4.83. The molecule has 1 aliphatic heterocycles. The average Bonchev–Trinajstić information content (AvgIpc) is 3.19. The van der Waals surface area contributed by atoms with Crippen molar-refractivity contribution in [2.45, 2.75) is 18.3 Å². The number of amides is 1. The third-order valence-electron chi connectivity index (χ3n) is 8.27. The molecule has 1 saturated carbocycles. The molecule has 0 bridgehead atoms. The molecule has 5 nitrogen and oxygen atoms in total. The number of fused-ring (bicyclic) bond motifs is 2. The van der Waals surface area contributed by atoms with Gasteiger partial charge in [-0.05, 0) is 78.1 Å². The molecule has 7 rings (SSSR count). The van der Waals surface area contributed by atoms with Crippen LogP contribution < -0.4 is 0 Å². The fourth-order valence-corrected chi connectivity index (χ4v) is 6.58. The average molecular weight is 507 g/mol. The molecule has 38 heavy (non-hydrogen) atoms. The van der Waals surface area contributed by atoms with E-state index in [0.717, 1.165) is 22.2 Å². The molecule has 3 heterocycles. The maximum Gasteiger partial charge on any atom is 0.275 e. The first-order valence-electron chi connectivity index (χ1n) is 12.7. The highest BCUT2D eigenvalue weighted by atomic mass is 19.1. The molecule has 1 amide bonds. The van der Waals surface area contributed by atoms with Crippen LogP contribution in [0.4, 0.5) is 8.78 Å². The van der Waals surface area contributed by atoms with E-state index in [9.17, 15) is 13.6 Å².